The zero-order valence-electron chi connectivity index (χ0n) is 6.66. The Bertz CT molecular complexity index is 128. The average Bonchev–Trinajstić information content (AvgIpc) is 1.60. The summed E-state index contributed by atoms with van der Waals surface area (Å²) < 4.78 is 0.367. The minimum absolute atomic E-state index is 0.179. The van der Waals surface area contributed by atoms with E-state index in [0.717, 1.165) is 0 Å². The number of carboxylic acids is 1. The molecule has 0 aliphatic rings. The summed E-state index contributed by atoms with van der Waals surface area (Å²) in [6.07, 6.45) is 0. The molecular weight excluding hydrogens is 132 g/mol. The van der Waals surface area contributed by atoms with Crippen LogP contribution >= 0.6 is 0 Å². The van der Waals surface area contributed by atoms with Crippen molar-refractivity contribution in [3.63, 3.8) is 0 Å². The second-order valence-corrected chi connectivity index (χ2v) is 3.21. The van der Waals surface area contributed by atoms with E-state index in [0.29, 0.717) is 4.48 Å². The molecule has 4 heteroatoms. The average molecular weight is 147 g/mol. The Hall–Kier alpha value is -0.610. The topological polar surface area (TPSA) is 63.3 Å². The van der Waals surface area contributed by atoms with Crippen LogP contribution in [-0.2, 0) is 4.79 Å². The van der Waals surface area contributed by atoms with Crippen LogP contribution in [0.3, 0.4) is 0 Å². The second kappa shape index (κ2) is 2.98. The molecule has 0 aromatic rings. The number of quaternary nitrogens is 1. The Balaban J connectivity index is 4.22. The summed E-state index contributed by atoms with van der Waals surface area (Å²) in [5.74, 6) is -0.838. The highest BCUT2D eigenvalue weighted by atomic mass is 16.4. The zero-order valence-corrected chi connectivity index (χ0v) is 6.66. The fraction of sp³-hybridized carbons (Fsp3) is 0.833. The number of nitrogens with zero attached hydrogens (tertiary/aromatic N) is 1. The van der Waals surface area contributed by atoms with Gasteiger partial charge in [-0.3, -0.25) is 0 Å². The molecule has 0 fully saturated rings. The van der Waals surface area contributed by atoms with Crippen LogP contribution in [0.25, 0.3) is 0 Å². The highest BCUT2D eigenvalue weighted by molar-refractivity contribution is 5.72. The molecule has 0 spiro atoms. The summed E-state index contributed by atoms with van der Waals surface area (Å²) in [7, 11) is 5.43. The van der Waals surface area contributed by atoms with Crippen molar-refractivity contribution in [2.75, 3.05) is 27.7 Å². The van der Waals surface area contributed by atoms with Crippen LogP contribution in [0.1, 0.15) is 0 Å². The highest BCUT2D eigenvalue weighted by Crippen LogP contribution is 2.00. The van der Waals surface area contributed by atoms with E-state index in [9.17, 15) is 4.79 Å². The third kappa shape index (κ3) is 2.33. The van der Waals surface area contributed by atoms with Crippen molar-refractivity contribution in [1.82, 2.24) is 0 Å². The largest absolute Gasteiger partial charge is 0.477 e. The Morgan fingerprint density at radius 3 is 2.00 bits per heavy atom. The Morgan fingerprint density at radius 1 is 1.60 bits per heavy atom. The van der Waals surface area contributed by atoms with Crippen LogP contribution in [0.4, 0.5) is 0 Å². The Labute approximate surface area is 60.8 Å². The van der Waals surface area contributed by atoms with Crippen molar-refractivity contribution in [2.24, 2.45) is 5.73 Å². The Morgan fingerprint density at radius 2 is 2.00 bits per heavy atom. The van der Waals surface area contributed by atoms with E-state index < -0.39 is 12.0 Å². The first-order valence-corrected chi connectivity index (χ1v) is 3.13. The quantitative estimate of drug-likeness (QED) is 0.509. The number of carboxylic acid groups (broad SMARTS) is 1. The predicted molar refractivity (Wildman–Crippen MR) is 38.5 cm³/mol. The lowest BCUT2D eigenvalue weighted by Gasteiger charge is -2.29. The Kier molecular flexibility index (Phi) is 2.80. The van der Waals surface area contributed by atoms with Crippen LogP contribution in [0, 0.1) is 0 Å². The standard InChI is InChI=1S/C6H14N2O2/c1-8(2,3)5(4-7)6(9)10/h5H,4,7H2,1-3H3/p+1. The monoisotopic (exact) mass is 147 g/mol. The van der Waals surface area contributed by atoms with Gasteiger partial charge >= 0.3 is 5.97 Å². The number of hydrogen-bond donors (Lipinski definition) is 2. The van der Waals surface area contributed by atoms with Gasteiger partial charge in [-0.15, -0.1) is 0 Å². The van der Waals surface area contributed by atoms with E-state index in [1.807, 2.05) is 21.1 Å². The molecule has 10 heavy (non-hydrogen) atoms. The summed E-state index contributed by atoms with van der Waals surface area (Å²) in [4.78, 5) is 10.5. The summed E-state index contributed by atoms with van der Waals surface area (Å²) in [6.45, 7) is 0.179. The maximum atomic E-state index is 10.5. The molecule has 0 saturated carbocycles. The number of rotatable bonds is 3. The molecule has 0 saturated heterocycles. The van der Waals surface area contributed by atoms with Gasteiger partial charge in [-0.05, 0) is 0 Å². The molecule has 0 bridgehead atoms. The summed E-state index contributed by atoms with van der Waals surface area (Å²) in [5, 5.41) is 8.61. The van der Waals surface area contributed by atoms with Crippen molar-refractivity contribution < 1.29 is 14.4 Å². The number of carbonyl (C=O) groups is 1. The van der Waals surface area contributed by atoms with Crippen LogP contribution in [-0.4, -0.2) is 49.3 Å². The van der Waals surface area contributed by atoms with Crippen molar-refractivity contribution >= 4 is 5.97 Å². The number of aliphatic carboxylic acids is 1. The van der Waals surface area contributed by atoms with Gasteiger partial charge in [0.1, 0.15) is 0 Å². The van der Waals surface area contributed by atoms with Gasteiger partial charge in [-0.25, -0.2) is 4.79 Å². The highest BCUT2D eigenvalue weighted by Gasteiger charge is 2.29. The summed E-state index contributed by atoms with van der Waals surface area (Å²) in [6, 6.07) is -0.500. The van der Waals surface area contributed by atoms with Gasteiger partial charge in [0.05, 0.1) is 27.7 Å². The molecule has 4 nitrogen and oxygen atoms in total. The van der Waals surface area contributed by atoms with Crippen LogP contribution in [0.15, 0.2) is 0 Å². The van der Waals surface area contributed by atoms with E-state index in [4.69, 9.17) is 10.8 Å². The number of likely N-dealkylation sites (N-methyl/N-ethyl adjacent to an activating group) is 1. The minimum Gasteiger partial charge on any atom is -0.477 e. The summed E-state index contributed by atoms with van der Waals surface area (Å²) >= 11 is 0. The smallest absolute Gasteiger partial charge is 0.363 e. The lowest BCUT2D eigenvalue weighted by atomic mass is 10.2. The van der Waals surface area contributed by atoms with Crippen molar-refractivity contribution in [2.45, 2.75) is 6.04 Å². The molecule has 0 amide bonds. The molecule has 0 aliphatic carbocycles. The minimum atomic E-state index is -0.838. The van der Waals surface area contributed by atoms with Crippen molar-refractivity contribution in [3.05, 3.63) is 0 Å². The molecule has 60 valence electrons. The first-order chi connectivity index (χ1) is 4.39. The molecular formula is C6H15N2O2+. The van der Waals surface area contributed by atoms with Gasteiger partial charge in [-0.2, -0.15) is 0 Å². The molecule has 0 aromatic carbocycles. The first-order valence-electron chi connectivity index (χ1n) is 3.13. The second-order valence-electron chi connectivity index (χ2n) is 3.21. The van der Waals surface area contributed by atoms with E-state index in [1.165, 1.54) is 0 Å². The zero-order chi connectivity index (χ0) is 8.36. The molecule has 0 heterocycles. The molecule has 0 rings (SSSR count). The maximum absolute atomic E-state index is 10.5. The molecule has 1 atom stereocenters. The van der Waals surface area contributed by atoms with Crippen LogP contribution in [0.2, 0.25) is 0 Å². The van der Waals surface area contributed by atoms with Gasteiger partial charge in [0.25, 0.3) is 0 Å². The van der Waals surface area contributed by atoms with Gasteiger partial charge < -0.3 is 15.3 Å². The van der Waals surface area contributed by atoms with E-state index in [-0.39, 0.29) is 6.54 Å². The van der Waals surface area contributed by atoms with Gasteiger partial charge in [0.2, 0.25) is 0 Å². The molecule has 1 unspecified atom stereocenters. The fourth-order valence-electron chi connectivity index (χ4n) is 0.748. The number of nitrogens with two attached hydrogens (primary N) is 1. The maximum Gasteiger partial charge on any atom is 0.363 e. The van der Waals surface area contributed by atoms with Gasteiger partial charge in [0, 0.05) is 0 Å². The van der Waals surface area contributed by atoms with Crippen molar-refractivity contribution in [3.8, 4) is 0 Å². The van der Waals surface area contributed by atoms with E-state index in [1.54, 1.807) is 0 Å². The predicted octanol–water partition coefficient (Wildman–Crippen LogP) is -0.895. The first kappa shape index (κ1) is 9.39. The van der Waals surface area contributed by atoms with Crippen molar-refractivity contribution in [1.29, 1.82) is 0 Å². The van der Waals surface area contributed by atoms with E-state index >= 15 is 0 Å². The lowest BCUT2D eigenvalue weighted by molar-refractivity contribution is -0.885. The number of hydrogen-bond acceptors (Lipinski definition) is 2. The lowest BCUT2D eigenvalue weighted by Crippen LogP contribution is -2.53. The van der Waals surface area contributed by atoms with E-state index in [2.05, 4.69) is 0 Å². The van der Waals surface area contributed by atoms with Gasteiger partial charge in [0.15, 0.2) is 6.04 Å². The summed E-state index contributed by atoms with van der Waals surface area (Å²) in [5.41, 5.74) is 5.26. The molecule has 0 aromatic heterocycles. The van der Waals surface area contributed by atoms with Crippen LogP contribution in [0.5, 0.6) is 0 Å². The third-order valence-electron chi connectivity index (χ3n) is 1.44. The van der Waals surface area contributed by atoms with Crippen LogP contribution < -0.4 is 5.73 Å². The molecule has 0 radical (unpaired) electrons. The molecule has 3 N–H and O–H groups in total. The normalized spacial score (nSPS) is 14.8. The van der Waals surface area contributed by atoms with Gasteiger partial charge in [-0.1, -0.05) is 0 Å². The SMILES string of the molecule is C[N+](C)(C)C(CN)C(=O)O. The molecule has 0 aliphatic heterocycles. The third-order valence-corrected chi connectivity index (χ3v) is 1.44. The fourth-order valence-corrected chi connectivity index (χ4v) is 0.748.